The Labute approximate surface area is 211 Å². The molecule has 5 nitrogen and oxygen atoms in total. The molecule has 2 heterocycles. The molecule has 0 radical (unpaired) electrons. The summed E-state index contributed by atoms with van der Waals surface area (Å²) in [7, 11) is 0. The van der Waals surface area contributed by atoms with Gasteiger partial charge in [-0.25, -0.2) is 0 Å². The van der Waals surface area contributed by atoms with E-state index < -0.39 is 5.91 Å². The molecule has 0 aliphatic carbocycles. The number of hydrogen-bond donors (Lipinski definition) is 1. The fourth-order valence-corrected chi connectivity index (χ4v) is 4.86. The monoisotopic (exact) mass is 509 g/mol. The number of halogens is 3. The smallest absolute Gasteiger partial charge is 0.258 e. The summed E-state index contributed by atoms with van der Waals surface area (Å²) in [6, 6.07) is 23.2. The van der Waals surface area contributed by atoms with E-state index in [0.29, 0.717) is 29.5 Å². The lowest BCUT2D eigenvalue weighted by molar-refractivity contribution is 0.0983. The quantitative estimate of drug-likeness (QED) is 0.326. The molecular weight excluding hydrogens is 493 g/mol. The molecule has 0 unspecified atom stereocenters. The number of nitrogens with one attached hydrogen (secondary N) is 1. The summed E-state index contributed by atoms with van der Waals surface area (Å²) in [4.78, 5) is 27.9. The van der Waals surface area contributed by atoms with Gasteiger partial charge in [0.05, 0.1) is 28.7 Å². The van der Waals surface area contributed by atoms with Crippen LogP contribution in [-0.4, -0.2) is 16.4 Å². The molecule has 0 atom stereocenters. The minimum Gasteiger partial charge on any atom is -0.330 e. The van der Waals surface area contributed by atoms with Crippen LogP contribution >= 0.6 is 34.8 Å². The third-order valence-corrected chi connectivity index (χ3v) is 6.73. The number of anilines is 2. The van der Waals surface area contributed by atoms with E-state index in [-0.39, 0.29) is 21.5 Å². The van der Waals surface area contributed by atoms with Gasteiger partial charge < -0.3 is 14.8 Å². The van der Waals surface area contributed by atoms with Crippen LogP contribution in [0.25, 0.3) is 0 Å². The highest BCUT2D eigenvalue weighted by Gasteiger charge is 2.26. The molecule has 1 aliphatic heterocycles. The van der Waals surface area contributed by atoms with Gasteiger partial charge in [-0.05, 0) is 60.2 Å². The second-order valence-corrected chi connectivity index (χ2v) is 9.08. The first-order valence-corrected chi connectivity index (χ1v) is 11.6. The second-order valence-electron chi connectivity index (χ2n) is 7.88. The molecular formula is C26H18Cl3N3O2. The van der Waals surface area contributed by atoms with Crippen LogP contribution in [0.3, 0.4) is 0 Å². The van der Waals surface area contributed by atoms with E-state index in [1.807, 2.05) is 41.0 Å². The van der Waals surface area contributed by atoms with Crippen LogP contribution in [0.2, 0.25) is 15.2 Å². The molecule has 34 heavy (non-hydrogen) atoms. The molecule has 170 valence electrons. The molecule has 1 N–H and O–H groups in total. The molecule has 5 rings (SSSR count). The molecule has 8 heteroatoms. The average molecular weight is 511 g/mol. The Morgan fingerprint density at radius 3 is 2.21 bits per heavy atom. The van der Waals surface area contributed by atoms with E-state index in [4.69, 9.17) is 34.8 Å². The Balaban J connectivity index is 1.40. The lowest BCUT2D eigenvalue weighted by Crippen LogP contribution is -2.30. The number of fused-ring (bicyclic) bond motifs is 2. The zero-order valence-corrected chi connectivity index (χ0v) is 20.0. The summed E-state index contributed by atoms with van der Waals surface area (Å²) in [5.41, 5.74) is 4.03. The number of carbonyl (C=O) groups excluding carboxylic acids is 2. The van der Waals surface area contributed by atoms with E-state index in [9.17, 15) is 9.59 Å². The van der Waals surface area contributed by atoms with Gasteiger partial charge in [0.2, 0.25) is 0 Å². The Morgan fingerprint density at radius 1 is 0.765 bits per heavy atom. The Bertz CT molecular complexity index is 1390. The topological polar surface area (TPSA) is 54.3 Å². The van der Waals surface area contributed by atoms with Crippen LogP contribution in [0.5, 0.6) is 0 Å². The van der Waals surface area contributed by atoms with E-state index in [2.05, 4.69) is 5.32 Å². The van der Waals surface area contributed by atoms with Crippen LogP contribution < -0.4 is 10.2 Å². The summed E-state index contributed by atoms with van der Waals surface area (Å²) in [6.45, 7) is 0.989. The molecule has 0 fully saturated rings. The molecule has 2 amide bonds. The third-order valence-electron chi connectivity index (χ3n) is 5.77. The maximum Gasteiger partial charge on any atom is 0.258 e. The first-order valence-electron chi connectivity index (χ1n) is 10.5. The van der Waals surface area contributed by atoms with Gasteiger partial charge in [0.15, 0.2) is 0 Å². The van der Waals surface area contributed by atoms with Crippen molar-refractivity contribution in [2.24, 2.45) is 0 Å². The van der Waals surface area contributed by atoms with Crippen LogP contribution in [0.4, 0.5) is 11.4 Å². The molecule has 0 saturated heterocycles. The number of carbonyl (C=O) groups is 2. The van der Waals surface area contributed by atoms with E-state index >= 15 is 0 Å². The number of benzene rings is 3. The van der Waals surface area contributed by atoms with Crippen molar-refractivity contribution in [3.8, 4) is 0 Å². The van der Waals surface area contributed by atoms with Crippen molar-refractivity contribution < 1.29 is 9.59 Å². The van der Waals surface area contributed by atoms with Crippen LogP contribution in [0.1, 0.15) is 32.0 Å². The predicted octanol–water partition coefficient (Wildman–Crippen LogP) is 6.91. The zero-order valence-electron chi connectivity index (χ0n) is 17.8. The zero-order chi connectivity index (χ0) is 23.8. The molecule has 3 aromatic carbocycles. The van der Waals surface area contributed by atoms with Crippen molar-refractivity contribution in [1.82, 2.24) is 4.57 Å². The lowest BCUT2D eigenvalue weighted by Gasteiger charge is -2.23. The lowest BCUT2D eigenvalue weighted by atomic mass is 10.1. The Kier molecular flexibility index (Phi) is 6.09. The fourth-order valence-electron chi connectivity index (χ4n) is 4.06. The minimum atomic E-state index is -0.422. The molecule has 1 aromatic heterocycles. The molecule has 0 saturated carbocycles. The highest BCUT2D eigenvalue weighted by Crippen LogP contribution is 2.31. The third kappa shape index (κ3) is 4.18. The number of rotatable bonds is 3. The van der Waals surface area contributed by atoms with Gasteiger partial charge in [0.25, 0.3) is 11.8 Å². The number of hydrogen-bond acceptors (Lipinski definition) is 2. The van der Waals surface area contributed by atoms with Crippen LogP contribution in [-0.2, 0) is 13.1 Å². The van der Waals surface area contributed by atoms with Gasteiger partial charge in [0, 0.05) is 22.6 Å². The Hall–Kier alpha value is -3.25. The van der Waals surface area contributed by atoms with Crippen LogP contribution in [0.15, 0.2) is 78.9 Å². The second kappa shape index (κ2) is 9.18. The highest BCUT2D eigenvalue weighted by atomic mass is 35.5. The van der Waals surface area contributed by atoms with Crippen molar-refractivity contribution in [3.63, 3.8) is 0 Å². The van der Waals surface area contributed by atoms with Gasteiger partial charge in [0.1, 0.15) is 5.15 Å². The number of nitrogens with zero attached hydrogens (tertiary/aromatic N) is 2. The summed E-state index contributed by atoms with van der Waals surface area (Å²) in [5.74, 6) is -0.570. The summed E-state index contributed by atoms with van der Waals surface area (Å²) in [5, 5.41) is 3.94. The van der Waals surface area contributed by atoms with Crippen molar-refractivity contribution in [3.05, 3.63) is 116 Å². The number of para-hydroxylation sites is 1. The van der Waals surface area contributed by atoms with Gasteiger partial charge >= 0.3 is 0 Å². The average Bonchev–Trinajstić information content (AvgIpc) is 3.07. The van der Waals surface area contributed by atoms with Crippen molar-refractivity contribution >= 4 is 58.0 Å². The van der Waals surface area contributed by atoms with E-state index in [0.717, 1.165) is 16.9 Å². The minimum absolute atomic E-state index is 0.148. The van der Waals surface area contributed by atoms with Crippen molar-refractivity contribution in [1.29, 1.82) is 0 Å². The van der Waals surface area contributed by atoms with Crippen molar-refractivity contribution in [2.45, 2.75) is 13.1 Å². The maximum absolute atomic E-state index is 13.5. The highest BCUT2D eigenvalue weighted by molar-refractivity contribution is 6.40. The Morgan fingerprint density at radius 2 is 1.47 bits per heavy atom. The van der Waals surface area contributed by atoms with E-state index in [1.165, 1.54) is 0 Å². The van der Waals surface area contributed by atoms with Gasteiger partial charge in [-0.1, -0.05) is 59.1 Å². The van der Waals surface area contributed by atoms with Gasteiger partial charge in [-0.15, -0.1) is 0 Å². The fraction of sp³-hybridized carbons (Fsp3) is 0.0769. The normalized spacial score (nSPS) is 12.5. The van der Waals surface area contributed by atoms with E-state index in [1.54, 1.807) is 47.4 Å². The first-order chi connectivity index (χ1) is 16.4. The molecule has 0 spiro atoms. The summed E-state index contributed by atoms with van der Waals surface area (Å²) >= 11 is 18.6. The number of aromatic nitrogens is 1. The van der Waals surface area contributed by atoms with Gasteiger partial charge in [-0.2, -0.15) is 0 Å². The molecule has 0 bridgehead atoms. The molecule has 1 aliphatic rings. The van der Waals surface area contributed by atoms with Crippen LogP contribution in [0, 0.1) is 0 Å². The maximum atomic E-state index is 13.5. The standard InChI is InChI=1S/C26H18Cl3N3O2/c27-20-5-3-6-21(28)24(20)25(33)30-18-10-8-16(9-11-18)26(34)32-15-19-12-13-23(29)31(19)14-17-4-1-2-7-22(17)32/h1-13H,14-15H2,(H,30,33). The van der Waals surface area contributed by atoms with Gasteiger partial charge in [-0.3, -0.25) is 9.59 Å². The summed E-state index contributed by atoms with van der Waals surface area (Å²) in [6.07, 6.45) is 0. The SMILES string of the molecule is O=C(Nc1ccc(C(=O)N2Cc3ccc(Cl)n3Cc3ccccc32)cc1)c1c(Cl)cccc1Cl. The number of amides is 2. The van der Waals surface area contributed by atoms with Crippen molar-refractivity contribution in [2.75, 3.05) is 10.2 Å². The largest absolute Gasteiger partial charge is 0.330 e. The molecule has 4 aromatic rings. The first kappa shape index (κ1) is 22.5. The summed E-state index contributed by atoms with van der Waals surface area (Å²) < 4.78 is 2.01. The predicted molar refractivity (Wildman–Crippen MR) is 136 cm³/mol.